The van der Waals surface area contributed by atoms with Gasteiger partial charge in [-0.2, -0.15) is 0 Å². The van der Waals surface area contributed by atoms with Crippen LogP contribution in [-0.4, -0.2) is 123 Å². The molecule has 1 spiro atoms. The van der Waals surface area contributed by atoms with Gasteiger partial charge in [0.2, 0.25) is 29.5 Å². The Bertz CT molecular complexity index is 2000. The first-order chi connectivity index (χ1) is 27.2. The molecule has 2 aromatic rings. The number of benzene rings is 2. The molecule has 57 heavy (non-hydrogen) atoms. The summed E-state index contributed by atoms with van der Waals surface area (Å²) in [6, 6.07) is 4.13. The molecular weight excluding hydrogens is 761 g/mol. The summed E-state index contributed by atoms with van der Waals surface area (Å²) in [4.78, 5) is 102. The molecule has 0 bridgehead atoms. The van der Waals surface area contributed by atoms with E-state index in [-0.39, 0.29) is 55.4 Å². The number of aryl methyl sites for hydroxylation is 1. The first-order valence-corrected chi connectivity index (χ1v) is 19.9. The van der Waals surface area contributed by atoms with Gasteiger partial charge >= 0.3 is 6.03 Å². The van der Waals surface area contributed by atoms with Gasteiger partial charge in [0.25, 0.3) is 0 Å². The summed E-state index contributed by atoms with van der Waals surface area (Å²) in [5.41, 5.74) is 0.120. The number of aliphatic hydroxyl groups is 1. The standard InChI is InChI=1S/C40H47ClFN7O8/c1-21-7-5-8-23(15-21)16-29(46-39(57)45-28-11-10-24(41)17-27(28)42)34(52)44-30-19-26-33(51)40(26)12-6-14-49(40)36(54)22(2)43-35(53)31-9-3-4-13-47(31)38(56)32-18-25(50)20-48(32)37(30)55/h5,7-8,10-11,15,17,22,25-26,29-32,50H,3-4,6,9,12-14,16,18-20H2,1-2H3,(H,43,53)(H,44,52)(H2,45,46,57)/t22-,25+,26-,29-,30-,31-,32-,40-/m0/s1. The maximum atomic E-state index is 14.8. The summed E-state index contributed by atoms with van der Waals surface area (Å²) in [6.45, 7) is 3.65. The maximum Gasteiger partial charge on any atom is 0.319 e. The van der Waals surface area contributed by atoms with Crippen LogP contribution >= 0.6 is 11.6 Å². The molecule has 7 rings (SSSR count). The number of anilines is 1. The Balaban J connectivity index is 1.22. The van der Waals surface area contributed by atoms with Gasteiger partial charge in [-0.3, -0.25) is 28.8 Å². The molecule has 15 nitrogen and oxygen atoms in total. The number of amides is 7. The van der Waals surface area contributed by atoms with Crippen molar-refractivity contribution < 1.29 is 43.1 Å². The van der Waals surface area contributed by atoms with Gasteiger partial charge in [0.05, 0.1) is 17.7 Å². The van der Waals surface area contributed by atoms with Gasteiger partial charge in [-0.15, -0.1) is 0 Å². The smallest absolute Gasteiger partial charge is 0.319 e. The zero-order valence-electron chi connectivity index (χ0n) is 31.8. The lowest BCUT2D eigenvalue weighted by Gasteiger charge is -2.38. The van der Waals surface area contributed by atoms with Crippen molar-refractivity contribution in [3.8, 4) is 0 Å². The number of carbonyl (C=O) groups excluding carboxylic acids is 7. The molecule has 0 radical (unpaired) electrons. The van der Waals surface area contributed by atoms with Crippen molar-refractivity contribution in [2.75, 3.05) is 25.0 Å². The van der Waals surface area contributed by atoms with E-state index in [0.717, 1.165) is 11.6 Å². The van der Waals surface area contributed by atoms with Gasteiger partial charge in [-0.05, 0) is 76.1 Å². The number of nitrogens with one attached hydrogen (secondary N) is 4. The Hall–Kier alpha value is -5.09. The normalized spacial score (nSPS) is 29.6. The number of fused-ring (bicyclic) bond motifs is 2. The highest BCUT2D eigenvalue weighted by Crippen LogP contribution is 2.54. The van der Waals surface area contributed by atoms with Crippen LogP contribution in [0, 0.1) is 18.7 Å². The Morgan fingerprint density at radius 2 is 1.77 bits per heavy atom. The van der Waals surface area contributed by atoms with Gasteiger partial charge in [0, 0.05) is 37.5 Å². The quantitative estimate of drug-likeness (QED) is 0.291. The molecule has 17 heteroatoms. The van der Waals surface area contributed by atoms with Crippen LogP contribution in [0.5, 0.6) is 0 Å². The number of nitrogens with zero attached hydrogens (tertiary/aromatic N) is 3. The van der Waals surface area contributed by atoms with Crippen molar-refractivity contribution in [2.45, 2.75) is 107 Å². The monoisotopic (exact) mass is 807 g/mol. The number of halogens is 2. The van der Waals surface area contributed by atoms with Crippen molar-refractivity contribution in [3.05, 3.63) is 64.4 Å². The lowest BCUT2D eigenvalue weighted by atomic mass is 9.98. The van der Waals surface area contributed by atoms with Crippen molar-refractivity contribution in [2.24, 2.45) is 5.92 Å². The van der Waals surface area contributed by atoms with E-state index in [1.807, 2.05) is 19.1 Å². The van der Waals surface area contributed by atoms with Gasteiger partial charge in [-0.25, -0.2) is 9.18 Å². The number of hydrogen-bond donors (Lipinski definition) is 5. The van der Waals surface area contributed by atoms with E-state index < -0.39 is 89.2 Å². The molecule has 0 unspecified atom stereocenters. The number of Topliss-reactive ketones (excluding diaryl/α,β-unsaturated/α-hetero) is 1. The summed E-state index contributed by atoms with van der Waals surface area (Å²) in [7, 11) is 0. The summed E-state index contributed by atoms with van der Waals surface area (Å²) in [5.74, 6) is -4.98. The summed E-state index contributed by atoms with van der Waals surface area (Å²) < 4.78 is 14.6. The predicted octanol–water partition coefficient (Wildman–Crippen LogP) is 1.82. The SMILES string of the molecule is Cc1cccc(C[C@H](NC(=O)Nc2ccc(Cl)cc2F)C(=O)N[C@H]2C[C@H]3C(=O)[C@]34CCCN4C(=O)[C@H](C)NC(=O)[C@@H]3CCCCN3C(=O)[C@@H]3C[C@@H](O)CN3C2=O)c1. The minimum atomic E-state index is -1.43. The maximum absolute atomic E-state index is 14.8. The number of aliphatic hydroxyl groups excluding tert-OH is 1. The van der Waals surface area contributed by atoms with Crippen molar-refractivity contribution in [1.82, 2.24) is 30.7 Å². The summed E-state index contributed by atoms with van der Waals surface area (Å²) in [5, 5.41) is 21.5. The minimum absolute atomic E-state index is 0.0433. The largest absolute Gasteiger partial charge is 0.391 e. The van der Waals surface area contributed by atoms with Crippen LogP contribution in [0.4, 0.5) is 14.9 Å². The molecule has 1 aliphatic carbocycles. The molecule has 7 amide bonds. The molecule has 1 saturated carbocycles. The van der Waals surface area contributed by atoms with Gasteiger partial charge in [0.15, 0.2) is 5.78 Å². The molecule has 0 aromatic heterocycles. The highest BCUT2D eigenvalue weighted by molar-refractivity contribution is 6.30. The van der Waals surface area contributed by atoms with Crippen LogP contribution in [0.25, 0.3) is 0 Å². The van der Waals surface area contributed by atoms with Crippen LogP contribution in [0.1, 0.15) is 63.0 Å². The second-order valence-corrected chi connectivity index (χ2v) is 16.3. The zero-order valence-corrected chi connectivity index (χ0v) is 32.5. The summed E-state index contributed by atoms with van der Waals surface area (Å²) in [6.07, 6.45) is 0.981. The van der Waals surface area contributed by atoms with E-state index in [1.165, 1.54) is 26.8 Å². The number of piperidine rings is 1. The Kier molecular flexibility index (Phi) is 11.3. The lowest BCUT2D eigenvalue weighted by molar-refractivity contribution is -0.151. The molecule has 4 saturated heterocycles. The van der Waals surface area contributed by atoms with E-state index in [4.69, 9.17) is 11.6 Å². The van der Waals surface area contributed by atoms with Crippen LogP contribution < -0.4 is 21.3 Å². The number of ketones is 1. The Labute approximate surface area is 334 Å². The molecular formula is C40H47ClFN7O8. The van der Waals surface area contributed by atoms with Crippen molar-refractivity contribution in [1.29, 1.82) is 0 Å². The van der Waals surface area contributed by atoms with Crippen molar-refractivity contribution >= 4 is 58.6 Å². The van der Waals surface area contributed by atoms with Crippen molar-refractivity contribution in [3.63, 3.8) is 0 Å². The molecule has 5 N–H and O–H groups in total. The third kappa shape index (κ3) is 7.93. The Morgan fingerprint density at radius 3 is 2.53 bits per heavy atom. The molecule has 4 heterocycles. The molecule has 2 aromatic carbocycles. The average molecular weight is 808 g/mol. The highest BCUT2D eigenvalue weighted by atomic mass is 35.5. The second kappa shape index (κ2) is 16.0. The van der Waals surface area contributed by atoms with Crippen LogP contribution in [0.3, 0.4) is 0 Å². The number of rotatable bonds is 6. The second-order valence-electron chi connectivity index (χ2n) is 15.9. The molecule has 8 atom stereocenters. The minimum Gasteiger partial charge on any atom is -0.391 e. The van der Waals surface area contributed by atoms with Gasteiger partial charge in [0.1, 0.15) is 41.6 Å². The fourth-order valence-corrected chi connectivity index (χ4v) is 9.30. The third-order valence-corrected chi connectivity index (χ3v) is 12.2. The first-order valence-electron chi connectivity index (χ1n) is 19.5. The predicted molar refractivity (Wildman–Crippen MR) is 204 cm³/mol. The fourth-order valence-electron chi connectivity index (χ4n) is 9.14. The molecule has 304 valence electrons. The highest BCUT2D eigenvalue weighted by Gasteiger charge is 2.71. The topological polar surface area (TPSA) is 198 Å². The first kappa shape index (κ1) is 40.1. The Morgan fingerprint density at radius 1 is 0.982 bits per heavy atom. The number of hydrogen-bond acceptors (Lipinski definition) is 8. The zero-order chi connectivity index (χ0) is 40.8. The van der Waals surface area contributed by atoms with E-state index in [1.54, 1.807) is 19.1 Å². The fraction of sp³-hybridized carbons (Fsp3) is 0.525. The molecule has 4 aliphatic heterocycles. The van der Waals surface area contributed by atoms with E-state index in [0.29, 0.717) is 37.7 Å². The van der Waals surface area contributed by atoms with E-state index in [2.05, 4.69) is 21.3 Å². The van der Waals surface area contributed by atoms with Crippen LogP contribution in [0.15, 0.2) is 42.5 Å². The van der Waals surface area contributed by atoms with E-state index in [9.17, 15) is 43.1 Å². The molecule has 5 aliphatic rings. The van der Waals surface area contributed by atoms with Gasteiger partial charge in [-0.1, -0.05) is 41.4 Å². The molecule has 5 fully saturated rings. The van der Waals surface area contributed by atoms with Crippen LogP contribution in [0.2, 0.25) is 5.02 Å². The average Bonchev–Trinajstić information content (AvgIpc) is 3.47. The third-order valence-electron chi connectivity index (χ3n) is 12.0. The van der Waals surface area contributed by atoms with E-state index >= 15 is 0 Å². The van der Waals surface area contributed by atoms with Gasteiger partial charge < -0.3 is 41.1 Å². The van der Waals surface area contributed by atoms with Crippen LogP contribution in [-0.2, 0) is 35.2 Å². The number of urea groups is 1. The number of carbonyl (C=O) groups is 7. The summed E-state index contributed by atoms with van der Waals surface area (Å²) >= 11 is 5.87. The lowest BCUT2D eigenvalue weighted by Crippen LogP contribution is -2.60.